The summed E-state index contributed by atoms with van der Waals surface area (Å²) in [7, 11) is 0. The van der Waals surface area contributed by atoms with Gasteiger partial charge in [0.1, 0.15) is 0 Å². The second-order valence-electron chi connectivity index (χ2n) is 6.22. The molecule has 0 saturated carbocycles. The van der Waals surface area contributed by atoms with Gasteiger partial charge in [0.05, 0.1) is 12.2 Å². The van der Waals surface area contributed by atoms with Crippen LogP contribution in [0.5, 0.6) is 0 Å². The van der Waals surface area contributed by atoms with E-state index in [4.69, 9.17) is 4.74 Å². The van der Waals surface area contributed by atoms with E-state index in [0.717, 1.165) is 6.42 Å². The molecule has 0 aromatic carbocycles. The van der Waals surface area contributed by atoms with Gasteiger partial charge in [0.15, 0.2) is 6.29 Å². The highest BCUT2D eigenvalue weighted by atomic mass is 16.6. The van der Waals surface area contributed by atoms with Gasteiger partial charge < -0.3 is 4.74 Å². The lowest BCUT2D eigenvalue weighted by atomic mass is 10.0. The van der Waals surface area contributed by atoms with Gasteiger partial charge in [-0.15, -0.1) is 0 Å². The Bertz CT molecular complexity index is 227. The van der Waals surface area contributed by atoms with Crippen molar-refractivity contribution in [3.05, 3.63) is 0 Å². The maximum absolute atomic E-state index is 10.0. The Labute approximate surface area is 125 Å². The van der Waals surface area contributed by atoms with Gasteiger partial charge in [-0.2, -0.15) is 0 Å². The average molecular weight is 281 g/mol. The van der Waals surface area contributed by atoms with Gasteiger partial charge in [0.25, 0.3) is 0 Å². The van der Waals surface area contributed by atoms with Crippen molar-refractivity contribution in [2.75, 3.05) is 0 Å². The minimum Gasteiger partial charge on any atom is -0.370 e. The van der Waals surface area contributed by atoms with Crippen molar-refractivity contribution in [3.63, 3.8) is 0 Å². The summed E-state index contributed by atoms with van der Waals surface area (Å²) in [6.07, 6.45) is 20.6. The SMILES string of the molecule is CCCCCCCCC1OC1CCCCCCC[C]=O. The first kappa shape index (κ1) is 17.7. The second-order valence-corrected chi connectivity index (χ2v) is 6.22. The van der Waals surface area contributed by atoms with E-state index < -0.39 is 0 Å². The van der Waals surface area contributed by atoms with E-state index in [1.807, 2.05) is 6.29 Å². The van der Waals surface area contributed by atoms with E-state index in [0.29, 0.717) is 18.6 Å². The molecule has 0 spiro atoms. The van der Waals surface area contributed by atoms with E-state index in [-0.39, 0.29) is 0 Å². The molecule has 1 aliphatic heterocycles. The van der Waals surface area contributed by atoms with Crippen LogP contribution in [0.15, 0.2) is 0 Å². The fraction of sp³-hybridized carbons (Fsp3) is 0.944. The Morgan fingerprint density at radius 2 is 1.25 bits per heavy atom. The lowest BCUT2D eigenvalue weighted by Gasteiger charge is -2.00. The highest BCUT2D eigenvalue weighted by Gasteiger charge is 2.36. The van der Waals surface area contributed by atoms with Crippen molar-refractivity contribution >= 4 is 6.29 Å². The smallest absolute Gasteiger partial charge is 0.198 e. The molecule has 1 fully saturated rings. The first-order valence-electron chi connectivity index (χ1n) is 8.89. The van der Waals surface area contributed by atoms with E-state index >= 15 is 0 Å². The van der Waals surface area contributed by atoms with Crippen molar-refractivity contribution in [2.24, 2.45) is 0 Å². The van der Waals surface area contributed by atoms with E-state index in [1.165, 1.54) is 77.0 Å². The molecule has 0 aromatic rings. The van der Waals surface area contributed by atoms with Crippen LogP contribution in [0.25, 0.3) is 0 Å². The number of hydrogen-bond acceptors (Lipinski definition) is 2. The van der Waals surface area contributed by atoms with Crippen LogP contribution in [0.1, 0.15) is 96.8 Å². The first-order valence-corrected chi connectivity index (χ1v) is 8.89. The maximum atomic E-state index is 10.0. The number of epoxide rings is 1. The van der Waals surface area contributed by atoms with Crippen LogP contribution in [0, 0.1) is 0 Å². The Hall–Kier alpha value is -0.370. The third-order valence-corrected chi connectivity index (χ3v) is 4.30. The number of hydrogen-bond donors (Lipinski definition) is 0. The monoisotopic (exact) mass is 281 g/mol. The average Bonchev–Trinajstić information content (AvgIpc) is 3.20. The number of carbonyl (C=O) groups excluding carboxylic acids is 1. The highest BCUT2D eigenvalue weighted by Crippen LogP contribution is 2.31. The lowest BCUT2D eigenvalue weighted by molar-refractivity contribution is 0.347. The molecule has 0 aromatic heterocycles. The maximum Gasteiger partial charge on any atom is 0.198 e. The fourth-order valence-corrected chi connectivity index (χ4v) is 2.89. The predicted molar refractivity (Wildman–Crippen MR) is 84.7 cm³/mol. The molecule has 117 valence electrons. The summed E-state index contributed by atoms with van der Waals surface area (Å²) in [4.78, 5) is 10.0. The van der Waals surface area contributed by atoms with Crippen LogP contribution >= 0.6 is 0 Å². The molecule has 2 heteroatoms. The van der Waals surface area contributed by atoms with Gasteiger partial charge in [-0.05, 0) is 19.3 Å². The highest BCUT2D eigenvalue weighted by molar-refractivity contribution is 5.50. The summed E-state index contributed by atoms with van der Waals surface area (Å²) in [5, 5.41) is 0. The van der Waals surface area contributed by atoms with Crippen LogP contribution in [0.3, 0.4) is 0 Å². The van der Waals surface area contributed by atoms with Gasteiger partial charge in [-0.1, -0.05) is 71.1 Å². The molecule has 0 N–H and O–H groups in total. The minimum atomic E-state index is 0.578. The molecule has 20 heavy (non-hydrogen) atoms. The van der Waals surface area contributed by atoms with Crippen molar-refractivity contribution in [3.8, 4) is 0 Å². The van der Waals surface area contributed by atoms with Gasteiger partial charge in [0, 0.05) is 6.42 Å². The van der Waals surface area contributed by atoms with Crippen LogP contribution < -0.4 is 0 Å². The van der Waals surface area contributed by atoms with Crippen molar-refractivity contribution in [1.29, 1.82) is 0 Å². The summed E-state index contributed by atoms with van der Waals surface area (Å²) in [6.45, 7) is 2.27. The summed E-state index contributed by atoms with van der Waals surface area (Å²) in [5.74, 6) is 0. The van der Waals surface area contributed by atoms with Crippen LogP contribution in [0.2, 0.25) is 0 Å². The fourth-order valence-electron chi connectivity index (χ4n) is 2.89. The zero-order chi connectivity index (χ0) is 14.5. The quantitative estimate of drug-likeness (QED) is 0.299. The Kier molecular flexibility index (Phi) is 10.9. The summed E-state index contributed by atoms with van der Waals surface area (Å²) in [5.41, 5.74) is 0. The molecule has 1 rings (SSSR count). The van der Waals surface area contributed by atoms with Gasteiger partial charge >= 0.3 is 0 Å². The summed E-state index contributed by atoms with van der Waals surface area (Å²) >= 11 is 0. The number of unbranched alkanes of at least 4 members (excludes halogenated alkanes) is 10. The molecule has 1 radical (unpaired) electrons. The molecule has 1 saturated heterocycles. The molecule has 1 heterocycles. The van der Waals surface area contributed by atoms with E-state index in [9.17, 15) is 4.79 Å². The van der Waals surface area contributed by atoms with Crippen molar-refractivity contribution in [2.45, 2.75) is 109 Å². The first-order chi connectivity index (χ1) is 9.88. The molecule has 2 nitrogen and oxygen atoms in total. The Morgan fingerprint density at radius 1 is 0.750 bits per heavy atom. The molecular weight excluding hydrogens is 248 g/mol. The van der Waals surface area contributed by atoms with Crippen LogP contribution in [-0.4, -0.2) is 18.5 Å². The molecule has 0 bridgehead atoms. The second kappa shape index (κ2) is 12.4. The topological polar surface area (TPSA) is 29.6 Å². The van der Waals surface area contributed by atoms with Crippen LogP contribution in [0.4, 0.5) is 0 Å². The molecule has 2 unspecified atom stereocenters. The van der Waals surface area contributed by atoms with Crippen LogP contribution in [-0.2, 0) is 9.53 Å². The third-order valence-electron chi connectivity index (χ3n) is 4.30. The molecule has 1 aliphatic rings. The molecule has 2 atom stereocenters. The van der Waals surface area contributed by atoms with Gasteiger partial charge in [-0.25, -0.2) is 0 Å². The Morgan fingerprint density at radius 3 is 1.80 bits per heavy atom. The lowest BCUT2D eigenvalue weighted by Crippen LogP contribution is -1.94. The minimum absolute atomic E-state index is 0.578. The van der Waals surface area contributed by atoms with Crippen molar-refractivity contribution in [1.82, 2.24) is 0 Å². The zero-order valence-corrected chi connectivity index (χ0v) is 13.4. The molecule has 0 amide bonds. The van der Waals surface area contributed by atoms with Gasteiger partial charge in [0.2, 0.25) is 0 Å². The van der Waals surface area contributed by atoms with E-state index in [1.54, 1.807) is 0 Å². The zero-order valence-electron chi connectivity index (χ0n) is 13.4. The number of ether oxygens (including phenoxy) is 1. The Balaban J connectivity index is 1.76. The van der Waals surface area contributed by atoms with Gasteiger partial charge in [-0.3, -0.25) is 4.79 Å². The summed E-state index contributed by atoms with van der Waals surface area (Å²) in [6, 6.07) is 0. The molecule has 0 aliphatic carbocycles. The standard InChI is InChI=1S/C18H33O2/c1-2-3-4-5-8-11-14-17-18(20-17)15-12-9-6-7-10-13-16-19/h17-18H,2-15H2,1H3. The largest absolute Gasteiger partial charge is 0.370 e. The summed E-state index contributed by atoms with van der Waals surface area (Å²) < 4.78 is 5.74. The third kappa shape index (κ3) is 9.52. The normalized spacial score (nSPS) is 21.1. The molecular formula is C18H33O2. The van der Waals surface area contributed by atoms with Crippen molar-refractivity contribution < 1.29 is 9.53 Å². The predicted octanol–water partition coefficient (Wildman–Crippen LogP) is 5.34. The number of rotatable bonds is 15. The van der Waals surface area contributed by atoms with E-state index in [2.05, 4.69) is 6.92 Å².